The van der Waals surface area contributed by atoms with Crippen molar-refractivity contribution in [2.45, 2.75) is 59.5 Å². The van der Waals surface area contributed by atoms with Gasteiger partial charge in [0.15, 0.2) is 0 Å². The second kappa shape index (κ2) is 6.27. The van der Waals surface area contributed by atoms with E-state index in [2.05, 4.69) is 52.0 Å². The minimum absolute atomic E-state index is 0.334. The Balaban J connectivity index is 2.01. The minimum Gasteiger partial charge on any atom is -0.490 e. The van der Waals surface area contributed by atoms with E-state index in [1.165, 1.54) is 24.0 Å². The molecule has 2 atom stereocenters. The lowest BCUT2D eigenvalue weighted by atomic mass is 9.84. The number of hydrogen-bond donors (Lipinski definition) is 0. The van der Waals surface area contributed by atoms with Crippen LogP contribution in [-0.2, 0) is 6.42 Å². The predicted molar refractivity (Wildman–Crippen MR) is 81.6 cm³/mol. The maximum Gasteiger partial charge on any atom is 0.119 e. The van der Waals surface area contributed by atoms with Gasteiger partial charge in [0, 0.05) is 6.42 Å². The highest BCUT2D eigenvalue weighted by molar-refractivity contribution is 5.28. The number of hydrogen-bond acceptors (Lipinski definition) is 1. The summed E-state index contributed by atoms with van der Waals surface area (Å²) in [6, 6.07) is 8.64. The van der Waals surface area contributed by atoms with Gasteiger partial charge in [0.25, 0.3) is 0 Å². The summed E-state index contributed by atoms with van der Waals surface area (Å²) in [6.45, 7) is 9.00. The van der Waals surface area contributed by atoms with Crippen LogP contribution < -0.4 is 4.74 Å². The Hall–Kier alpha value is -1.24. The Labute approximate surface area is 117 Å². The Kier molecular flexibility index (Phi) is 4.68. The van der Waals surface area contributed by atoms with Crippen molar-refractivity contribution in [1.82, 2.24) is 0 Å². The SMILES string of the molecule is CCCc1ccc(OC2CC(C)=C(C)C[C@@H]2C)cc1. The first-order chi connectivity index (χ1) is 9.10. The summed E-state index contributed by atoms with van der Waals surface area (Å²) in [5.41, 5.74) is 4.45. The maximum absolute atomic E-state index is 6.19. The minimum atomic E-state index is 0.334. The molecule has 0 saturated heterocycles. The highest BCUT2D eigenvalue weighted by Crippen LogP contribution is 2.32. The van der Waals surface area contributed by atoms with Crippen LogP contribution in [0.1, 0.15) is 52.5 Å². The molecule has 1 unspecified atom stereocenters. The Morgan fingerprint density at radius 2 is 1.68 bits per heavy atom. The van der Waals surface area contributed by atoms with Gasteiger partial charge in [-0.25, -0.2) is 0 Å². The van der Waals surface area contributed by atoms with E-state index in [-0.39, 0.29) is 0 Å². The van der Waals surface area contributed by atoms with E-state index >= 15 is 0 Å². The second-order valence-corrected chi connectivity index (χ2v) is 6.00. The smallest absolute Gasteiger partial charge is 0.119 e. The molecular weight excluding hydrogens is 232 g/mol. The Morgan fingerprint density at radius 3 is 2.32 bits per heavy atom. The van der Waals surface area contributed by atoms with E-state index in [9.17, 15) is 0 Å². The standard InChI is InChI=1S/C18H26O/c1-5-6-16-7-9-17(10-8-16)19-18-12-14(3)13(2)11-15(18)4/h7-10,15,18H,5-6,11-12H2,1-4H3/t15-,18?/m0/s1. The summed E-state index contributed by atoms with van der Waals surface area (Å²) in [5, 5.41) is 0. The third kappa shape index (κ3) is 3.62. The summed E-state index contributed by atoms with van der Waals surface area (Å²) in [6.07, 6.45) is 4.93. The van der Waals surface area contributed by atoms with E-state index < -0.39 is 0 Å². The van der Waals surface area contributed by atoms with Crippen LogP contribution in [-0.4, -0.2) is 6.10 Å². The highest BCUT2D eigenvalue weighted by atomic mass is 16.5. The van der Waals surface area contributed by atoms with Crippen molar-refractivity contribution in [3.8, 4) is 5.75 Å². The summed E-state index contributed by atoms with van der Waals surface area (Å²) in [7, 11) is 0. The molecule has 104 valence electrons. The van der Waals surface area contributed by atoms with Crippen molar-refractivity contribution in [2.75, 3.05) is 0 Å². The molecule has 1 heteroatoms. The fourth-order valence-corrected chi connectivity index (χ4v) is 2.82. The van der Waals surface area contributed by atoms with Gasteiger partial charge in [-0.05, 0) is 50.3 Å². The number of aryl methyl sites for hydroxylation is 1. The molecule has 0 bridgehead atoms. The van der Waals surface area contributed by atoms with Crippen molar-refractivity contribution in [3.05, 3.63) is 41.0 Å². The van der Waals surface area contributed by atoms with Gasteiger partial charge in [0.1, 0.15) is 11.9 Å². The normalized spacial score (nSPS) is 23.6. The van der Waals surface area contributed by atoms with Crippen LogP contribution in [0, 0.1) is 5.92 Å². The average molecular weight is 258 g/mol. The fourth-order valence-electron chi connectivity index (χ4n) is 2.82. The zero-order valence-corrected chi connectivity index (χ0v) is 12.7. The van der Waals surface area contributed by atoms with E-state index in [4.69, 9.17) is 4.74 Å². The zero-order valence-electron chi connectivity index (χ0n) is 12.7. The maximum atomic E-state index is 6.19. The van der Waals surface area contributed by atoms with Crippen LogP contribution in [0.15, 0.2) is 35.4 Å². The van der Waals surface area contributed by atoms with Crippen molar-refractivity contribution in [3.63, 3.8) is 0 Å². The van der Waals surface area contributed by atoms with Crippen molar-refractivity contribution in [2.24, 2.45) is 5.92 Å². The van der Waals surface area contributed by atoms with Crippen LogP contribution in [0.5, 0.6) is 5.75 Å². The largest absolute Gasteiger partial charge is 0.490 e. The van der Waals surface area contributed by atoms with E-state index in [0.29, 0.717) is 12.0 Å². The molecule has 0 aliphatic heterocycles. The molecule has 0 radical (unpaired) electrons. The van der Waals surface area contributed by atoms with Gasteiger partial charge in [-0.2, -0.15) is 0 Å². The predicted octanol–water partition coefficient (Wildman–Crippen LogP) is 5.15. The molecule has 0 fully saturated rings. The Bertz CT molecular complexity index is 441. The molecule has 0 spiro atoms. The molecule has 0 amide bonds. The van der Waals surface area contributed by atoms with Crippen molar-refractivity contribution < 1.29 is 4.74 Å². The van der Waals surface area contributed by atoms with Gasteiger partial charge < -0.3 is 4.74 Å². The van der Waals surface area contributed by atoms with Gasteiger partial charge >= 0.3 is 0 Å². The number of rotatable bonds is 4. The van der Waals surface area contributed by atoms with Crippen molar-refractivity contribution in [1.29, 1.82) is 0 Å². The first-order valence-corrected chi connectivity index (χ1v) is 7.51. The molecule has 2 rings (SSSR count). The monoisotopic (exact) mass is 258 g/mol. The third-order valence-electron chi connectivity index (χ3n) is 4.25. The topological polar surface area (TPSA) is 9.23 Å². The van der Waals surface area contributed by atoms with Gasteiger partial charge in [-0.1, -0.05) is 43.5 Å². The lowest BCUT2D eigenvalue weighted by molar-refractivity contribution is 0.134. The third-order valence-corrected chi connectivity index (χ3v) is 4.25. The summed E-state index contributed by atoms with van der Waals surface area (Å²) >= 11 is 0. The van der Waals surface area contributed by atoms with Crippen LogP contribution in [0.4, 0.5) is 0 Å². The number of allylic oxidation sites excluding steroid dienone is 1. The second-order valence-electron chi connectivity index (χ2n) is 6.00. The van der Waals surface area contributed by atoms with Crippen LogP contribution >= 0.6 is 0 Å². The molecule has 1 aliphatic carbocycles. The van der Waals surface area contributed by atoms with Crippen LogP contribution in [0.3, 0.4) is 0 Å². The van der Waals surface area contributed by atoms with Gasteiger partial charge in [-0.15, -0.1) is 0 Å². The Morgan fingerprint density at radius 1 is 1.05 bits per heavy atom. The number of ether oxygens (including phenoxy) is 1. The molecule has 0 N–H and O–H groups in total. The van der Waals surface area contributed by atoms with E-state index in [1.807, 2.05) is 0 Å². The van der Waals surface area contributed by atoms with E-state index in [0.717, 1.165) is 18.6 Å². The molecule has 0 heterocycles. The highest BCUT2D eigenvalue weighted by Gasteiger charge is 2.25. The van der Waals surface area contributed by atoms with Crippen LogP contribution in [0.2, 0.25) is 0 Å². The zero-order chi connectivity index (χ0) is 13.8. The van der Waals surface area contributed by atoms with Crippen LogP contribution in [0.25, 0.3) is 0 Å². The first-order valence-electron chi connectivity index (χ1n) is 7.51. The van der Waals surface area contributed by atoms with Gasteiger partial charge in [-0.3, -0.25) is 0 Å². The number of benzene rings is 1. The molecule has 1 aliphatic rings. The average Bonchev–Trinajstić information content (AvgIpc) is 2.38. The van der Waals surface area contributed by atoms with E-state index in [1.54, 1.807) is 5.57 Å². The molecule has 1 nitrogen and oxygen atoms in total. The van der Waals surface area contributed by atoms with Gasteiger partial charge in [0.05, 0.1) is 0 Å². The molecule has 0 aromatic heterocycles. The summed E-state index contributed by atoms with van der Waals surface area (Å²) < 4.78 is 6.19. The lowest BCUT2D eigenvalue weighted by Gasteiger charge is -2.31. The molecular formula is C18H26O. The lowest BCUT2D eigenvalue weighted by Crippen LogP contribution is -2.29. The molecule has 19 heavy (non-hydrogen) atoms. The quantitative estimate of drug-likeness (QED) is 0.678. The summed E-state index contributed by atoms with van der Waals surface area (Å²) in [4.78, 5) is 0. The van der Waals surface area contributed by atoms with Gasteiger partial charge in [0.2, 0.25) is 0 Å². The molecule has 0 saturated carbocycles. The summed E-state index contributed by atoms with van der Waals surface area (Å²) in [5.74, 6) is 1.63. The molecule has 1 aromatic rings. The first kappa shape index (κ1) is 14.2. The molecule has 1 aromatic carbocycles. The fraction of sp³-hybridized carbons (Fsp3) is 0.556. The van der Waals surface area contributed by atoms with Crippen molar-refractivity contribution >= 4 is 0 Å².